The van der Waals surface area contributed by atoms with Gasteiger partial charge in [0.2, 0.25) is 0 Å². The van der Waals surface area contributed by atoms with Crippen LogP contribution in [0.2, 0.25) is 0 Å². The minimum atomic E-state index is -0.390. The van der Waals surface area contributed by atoms with Crippen molar-refractivity contribution in [3.05, 3.63) is 18.2 Å². The molecule has 0 radical (unpaired) electrons. The lowest BCUT2D eigenvalue weighted by Gasteiger charge is -2.33. The predicted octanol–water partition coefficient (Wildman–Crippen LogP) is 1.23. The van der Waals surface area contributed by atoms with Gasteiger partial charge in [-0.05, 0) is 44.7 Å². The molecule has 136 valence electrons. The molecule has 2 aliphatic rings. The molecule has 2 saturated heterocycles. The second-order valence-corrected chi connectivity index (χ2v) is 7.20. The van der Waals surface area contributed by atoms with E-state index in [1.807, 2.05) is 12.4 Å². The van der Waals surface area contributed by atoms with E-state index in [1.54, 1.807) is 0 Å². The first-order valence-electron chi connectivity index (χ1n) is 9.26. The van der Waals surface area contributed by atoms with Crippen LogP contribution in [0.4, 0.5) is 0 Å². The summed E-state index contributed by atoms with van der Waals surface area (Å²) in [5, 5.41) is 10.2. The van der Waals surface area contributed by atoms with E-state index in [0.717, 1.165) is 52.1 Å². The minimum absolute atomic E-state index is 0.261. The summed E-state index contributed by atoms with van der Waals surface area (Å²) in [7, 11) is 2.06. The lowest BCUT2D eigenvalue weighted by molar-refractivity contribution is -0.0653. The van der Waals surface area contributed by atoms with Crippen molar-refractivity contribution in [2.45, 2.75) is 44.3 Å². The Hall–Kier alpha value is -0.950. The van der Waals surface area contributed by atoms with Gasteiger partial charge >= 0.3 is 0 Å². The molecule has 0 aliphatic carbocycles. The summed E-state index contributed by atoms with van der Waals surface area (Å²) in [5.74, 6) is 1.89. The maximum absolute atomic E-state index is 10.2. The van der Waals surface area contributed by atoms with Crippen molar-refractivity contribution >= 4 is 0 Å². The Balaban J connectivity index is 1.32. The third-order valence-corrected chi connectivity index (χ3v) is 5.26. The van der Waals surface area contributed by atoms with Gasteiger partial charge in [0.05, 0.1) is 18.8 Å². The van der Waals surface area contributed by atoms with E-state index in [0.29, 0.717) is 12.5 Å². The van der Waals surface area contributed by atoms with Gasteiger partial charge in [-0.2, -0.15) is 0 Å². The van der Waals surface area contributed by atoms with Crippen LogP contribution in [0.15, 0.2) is 12.4 Å². The molecule has 2 aliphatic heterocycles. The van der Waals surface area contributed by atoms with Crippen LogP contribution in [-0.4, -0.2) is 71.2 Å². The summed E-state index contributed by atoms with van der Waals surface area (Å²) in [6, 6.07) is 0. The molecule has 0 bridgehead atoms. The lowest BCUT2D eigenvalue weighted by atomic mass is 9.93. The summed E-state index contributed by atoms with van der Waals surface area (Å²) in [6.45, 7) is 4.84. The van der Waals surface area contributed by atoms with E-state index in [-0.39, 0.29) is 12.2 Å². The monoisotopic (exact) mass is 337 g/mol. The number of aromatic nitrogens is 2. The maximum atomic E-state index is 10.2. The summed E-state index contributed by atoms with van der Waals surface area (Å²) in [5.41, 5.74) is 0. The molecule has 1 atom stereocenters. The number of aryl methyl sites for hydroxylation is 1. The van der Waals surface area contributed by atoms with Crippen LogP contribution in [0.3, 0.4) is 0 Å². The number of hydrogen-bond acceptors (Lipinski definition) is 5. The molecule has 1 aromatic rings. The second-order valence-electron chi connectivity index (χ2n) is 7.20. The zero-order valence-corrected chi connectivity index (χ0v) is 14.8. The molecule has 24 heavy (non-hydrogen) atoms. The van der Waals surface area contributed by atoms with Crippen LogP contribution in [0.1, 0.15) is 31.5 Å². The summed E-state index contributed by atoms with van der Waals surface area (Å²) >= 11 is 0. The van der Waals surface area contributed by atoms with Crippen molar-refractivity contribution < 1.29 is 14.6 Å². The van der Waals surface area contributed by atoms with Gasteiger partial charge in [0.25, 0.3) is 0 Å². The van der Waals surface area contributed by atoms with Crippen molar-refractivity contribution in [3.8, 4) is 0 Å². The zero-order valence-electron chi connectivity index (χ0n) is 14.8. The first-order chi connectivity index (χ1) is 11.7. The third-order valence-electron chi connectivity index (χ3n) is 5.26. The highest BCUT2D eigenvalue weighted by Crippen LogP contribution is 2.21. The number of likely N-dealkylation sites (tertiary alicyclic amines) is 1. The van der Waals surface area contributed by atoms with Crippen LogP contribution in [0, 0.1) is 5.92 Å². The number of rotatable bonds is 7. The van der Waals surface area contributed by atoms with Gasteiger partial charge in [-0.1, -0.05) is 0 Å². The highest BCUT2D eigenvalue weighted by Gasteiger charge is 2.23. The fourth-order valence-electron chi connectivity index (χ4n) is 3.67. The number of nitrogens with zero attached hydrogens (tertiary/aromatic N) is 3. The maximum Gasteiger partial charge on any atom is 0.108 e. The van der Waals surface area contributed by atoms with Crippen molar-refractivity contribution in [1.82, 2.24) is 14.5 Å². The molecular formula is C18H31N3O3. The molecule has 0 spiro atoms. The highest BCUT2D eigenvalue weighted by molar-refractivity contribution is 4.93. The van der Waals surface area contributed by atoms with Gasteiger partial charge in [-0.15, -0.1) is 0 Å². The van der Waals surface area contributed by atoms with Gasteiger partial charge in [0.15, 0.2) is 0 Å². The largest absolute Gasteiger partial charge is 0.389 e. The zero-order chi connectivity index (χ0) is 16.8. The SMILES string of the molecule is Cn1ccnc1CC1CCN(CC(O)COC2CCOCC2)CC1. The third kappa shape index (κ3) is 5.28. The van der Waals surface area contributed by atoms with Crippen LogP contribution in [-0.2, 0) is 22.9 Å². The second kappa shape index (κ2) is 8.94. The number of piperidine rings is 1. The Morgan fingerprint density at radius 1 is 1.29 bits per heavy atom. The molecule has 1 aromatic heterocycles. The molecule has 6 heteroatoms. The summed E-state index contributed by atoms with van der Waals surface area (Å²) in [6.07, 6.45) is 9.08. The Morgan fingerprint density at radius 3 is 2.71 bits per heavy atom. The van der Waals surface area contributed by atoms with Crippen LogP contribution in [0.25, 0.3) is 0 Å². The molecule has 2 fully saturated rings. The number of β-amino-alcohol motifs (C(OH)–C–C–N with tert-alkyl or cyclic N) is 1. The number of aliphatic hydroxyl groups excluding tert-OH is 1. The number of hydrogen-bond donors (Lipinski definition) is 1. The standard InChI is InChI=1S/C18H31N3O3/c1-20-9-6-19-18(20)12-15-2-7-21(8-3-15)13-16(22)14-24-17-4-10-23-11-5-17/h6,9,15-17,22H,2-5,7-8,10-14H2,1H3. The topological polar surface area (TPSA) is 59.8 Å². The van der Waals surface area contributed by atoms with Crippen LogP contribution in [0.5, 0.6) is 0 Å². The fraction of sp³-hybridized carbons (Fsp3) is 0.833. The number of ether oxygens (including phenoxy) is 2. The molecule has 1 N–H and O–H groups in total. The average molecular weight is 337 g/mol. The van der Waals surface area contributed by atoms with Crippen molar-refractivity contribution in [3.63, 3.8) is 0 Å². The quantitative estimate of drug-likeness (QED) is 0.811. The van der Waals surface area contributed by atoms with E-state index in [2.05, 4.69) is 21.5 Å². The van der Waals surface area contributed by atoms with E-state index in [4.69, 9.17) is 9.47 Å². The number of aliphatic hydroxyl groups is 1. The molecule has 6 nitrogen and oxygen atoms in total. The Bertz CT molecular complexity index is 480. The Morgan fingerprint density at radius 2 is 2.04 bits per heavy atom. The van der Waals surface area contributed by atoms with E-state index < -0.39 is 0 Å². The summed E-state index contributed by atoms with van der Waals surface area (Å²) < 4.78 is 13.3. The van der Waals surface area contributed by atoms with Gasteiger partial charge in [-0.3, -0.25) is 0 Å². The van der Waals surface area contributed by atoms with Gasteiger partial charge in [0.1, 0.15) is 5.82 Å². The van der Waals surface area contributed by atoms with E-state index in [1.165, 1.54) is 18.7 Å². The van der Waals surface area contributed by atoms with E-state index >= 15 is 0 Å². The fourth-order valence-corrected chi connectivity index (χ4v) is 3.67. The predicted molar refractivity (Wildman–Crippen MR) is 91.9 cm³/mol. The smallest absolute Gasteiger partial charge is 0.108 e. The molecule has 0 aromatic carbocycles. The Labute approximate surface area is 144 Å². The molecule has 1 unspecified atom stereocenters. The first kappa shape index (κ1) is 17.9. The normalized spacial score (nSPS) is 22.8. The number of imidazole rings is 1. The van der Waals surface area contributed by atoms with Crippen molar-refractivity contribution in [1.29, 1.82) is 0 Å². The molecule has 3 heterocycles. The minimum Gasteiger partial charge on any atom is -0.389 e. The molecule has 0 saturated carbocycles. The van der Waals surface area contributed by atoms with Gasteiger partial charge < -0.3 is 24.0 Å². The average Bonchev–Trinajstić information content (AvgIpc) is 3.01. The Kier molecular flexibility index (Phi) is 6.66. The van der Waals surface area contributed by atoms with Crippen molar-refractivity contribution in [2.24, 2.45) is 13.0 Å². The highest BCUT2D eigenvalue weighted by atomic mass is 16.5. The van der Waals surface area contributed by atoms with E-state index in [9.17, 15) is 5.11 Å². The first-order valence-corrected chi connectivity index (χ1v) is 9.26. The molecule has 0 amide bonds. The van der Waals surface area contributed by atoms with Crippen molar-refractivity contribution in [2.75, 3.05) is 39.5 Å². The molecular weight excluding hydrogens is 306 g/mol. The van der Waals surface area contributed by atoms with Crippen LogP contribution < -0.4 is 0 Å². The summed E-state index contributed by atoms with van der Waals surface area (Å²) in [4.78, 5) is 6.80. The van der Waals surface area contributed by atoms with Gasteiger partial charge in [0, 0.05) is 45.6 Å². The molecule has 3 rings (SSSR count). The van der Waals surface area contributed by atoms with Crippen LogP contribution >= 0.6 is 0 Å². The lowest BCUT2D eigenvalue weighted by Crippen LogP contribution is -2.41. The van der Waals surface area contributed by atoms with Gasteiger partial charge in [-0.25, -0.2) is 4.98 Å².